The highest BCUT2D eigenvalue weighted by atomic mass is 16.6. The number of esters is 1. The van der Waals surface area contributed by atoms with E-state index in [1.165, 1.54) is 0 Å². The number of nitrogens with one attached hydrogen (secondary N) is 1. The Morgan fingerprint density at radius 2 is 1.47 bits per heavy atom. The minimum Gasteiger partial charge on any atom is -0.481 e. The predicted molar refractivity (Wildman–Crippen MR) is 208 cm³/mol. The molecular formula is C43H52N4O8. The van der Waals surface area contributed by atoms with Gasteiger partial charge in [-0.2, -0.15) is 0 Å². The van der Waals surface area contributed by atoms with Gasteiger partial charge in [-0.15, -0.1) is 0 Å². The van der Waals surface area contributed by atoms with Crippen LogP contribution in [0.15, 0.2) is 60.7 Å². The Kier molecular flexibility index (Phi) is 11.5. The Labute approximate surface area is 322 Å². The number of aromatic nitrogens is 2. The van der Waals surface area contributed by atoms with Crippen LogP contribution < -0.4 is 10.1 Å². The van der Waals surface area contributed by atoms with E-state index in [1.807, 2.05) is 56.5 Å². The monoisotopic (exact) mass is 752 g/mol. The number of hydrogen-bond donors (Lipinski definition) is 1. The van der Waals surface area contributed by atoms with Crippen LogP contribution in [0.5, 0.6) is 5.75 Å². The second-order valence-electron chi connectivity index (χ2n) is 16.2. The third-order valence-corrected chi connectivity index (χ3v) is 9.79. The van der Waals surface area contributed by atoms with Crippen molar-refractivity contribution in [3.8, 4) is 16.9 Å². The number of ether oxygens (including phenoxy) is 4. The van der Waals surface area contributed by atoms with Crippen molar-refractivity contribution >= 4 is 35.0 Å². The number of Topliss-reactive ketones (excluding diaryl/α,β-unsaturated/α-hetero) is 1. The van der Waals surface area contributed by atoms with Crippen LogP contribution in [0.3, 0.4) is 0 Å². The van der Waals surface area contributed by atoms with Crippen molar-refractivity contribution in [2.24, 2.45) is 5.92 Å². The lowest BCUT2D eigenvalue weighted by atomic mass is 9.89. The molecule has 12 nitrogen and oxygen atoms in total. The van der Waals surface area contributed by atoms with Gasteiger partial charge in [-0.25, -0.2) is 19.4 Å². The van der Waals surface area contributed by atoms with Crippen molar-refractivity contribution in [1.29, 1.82) is 0 Å². The average Bonchev–Trinajstić information content (AvgIpc) is 3.64. The number of hydrogen-bond acceptors (Lipinski definition) is 9. The largest absolute Gasteiger partial charge is 0.481 e. The second kappa shape index (κ2) is 16.1. The molecule has 0 spiro atoms. The number of imidazole rings is 1. The topological polar surface area (TPSA) is 138 Å². The summed E-state index contributed by atoms with van der Waals surface area (Å²) in [7, 11) is 0. The van der Waals surface area contributed by atoms with Crippen LogP contribution in [0.25, 0.3) is 22.2 Å². The molecule has 6 rings (SSSR count). The maximum Gasteiger partial charge on any atom is 0.410 e. The first kappa shape index (κ1) is 39.3. The molecule has 55 heavy (non-hydrogen) atoms. The summed E-state index contributed by atoms with van der Waals surface area (Å²) in [6.45, 7) is 14.2. The van der Waals surface area contributed by atoms with Crippen LogP contribution in [0.4, 0.5) is 9.59 Å². The fourth-order valence-corrected chi connectivity index (χ4v) is 7.35. The van der Waals surface area contributed by atoms with Gasteiger partial charge in [-0.05, 0) is 95.5 Å². The molecule has 2 heterocycles. The highest BCUT2D eigenvalue weighted by Gasteiger charge is 2.31. The zero-order valence-electron chi connectivity index (χ0n) is 32.9. The van der Waals surface area contributed by atoms with Gasteiger partial charge < -0.3 is 33.7 Å². The maximum absolute atomic E-state index is 14.0. The lowest BCUT2D eigenvalue weighted by Crippen LogP contribution is -2.42. The first-order valence-corrected chi connectivity index (χ1v) is 19.1. The molecule has 0 radical (unpaired) electrons. The summed E-state index contributed by atoms with van der Waals surface area (Å²) in [5, 5.41) is 2.86. The number of amides is 2. The number of benzene rings is 3. The van der Waals surface area contributed by atoms with E-state index < -0.39 is 23.3 Å². The van der Waals surface area contributed by atoms with E-state index in [2.05, 4.69) is 29.6 Å². The highest BCUT2D eigenvalue weighted by Crippen LogP contribution is 2.44. The number of aryl methyl sites for hydroxylation is 1. The van der Waals surface area contributed by atoms with Crippen molar-refractivity contribution in [2.45, 2.75) is 97.9 Å². The van der Waals surface area contributed by atoms with Gasteiger partial charge in [-0.3, -0.25) is 4.79 Å². The Bertz CT molecular complexity index is 2020. The van der Waals surface area contributed by atoms with Crippen molar-refractivity contribution < 1.29 is 38.1 Å². The number of carbonyl (C=O) groups is 4. The smallest absolute Gasteiger partial charge is 0.410 e. The Balaban J connectivity index is 1.16. The molecule has 1 fully saturated rings. The number of rotatable bonds is 11. The van der Waals surface area contributed by atoms with Crippen molar-refractivity contribution in [3.63, 3.8) is 0 Å². The van der Waals surface area contributed by atoms with Crippen molar-refractivity contribution in [1.82, 2.24) is 19.8 Å². The van der Waals surface area contributed by atoms with E-state index in [9.17, 15) is 19.2 Å². The molecule has 1 N–H and O–H groups in total. The van der Waals surface area contributed by atoms with E-state index in [4.69, 9.17) is 23.9 Å². The molecule has 1 aliphatic carbocycles. The summed E-state index contributed by atoms with van der Waals surface area (Å²) in [6, 6.07) is 19.8. The molecule has 4 aromatic rings. The molecule has 1 aromatic heterocycles. The molecule has 12 heteroatoms. The molecular weight excluding hydrogens is 700 g/mol. The number of likely N-dealkylation sites (tertiary alicyclic amines) is 1. The summed E-state index contributed by atoms with van der Waals surface area (Å²) < 4.78 is 24.7. The third-order valence-electron chi connectivity index (χ3n) is 9.79. The average molecular weight is 753 g/mol. The Morgan fingerprint density at radius 1 is 0.855 bits per heavy atom. The molecule has 1 aliphatic heterocycles. The van der Waals surface area contributed by atoms with Crippen LogP contribution in [0.1, 0.15) is 101 Å². The molecule has 0 atom stereocenters. The van der Waals surface area contributed by atoms with Gasteiger partial charge in [0.25, 0.3) is 0 Å². The molecule has 0 saturated carbocycles. The van der Waals surface area contributed by atoms with Gasteiger partial charge in [0.15, 0.2) is 12.4 Å². The standard InChI is InChI=1S/C43H52N4O8/c1-8-47-35-23-37(52-26-39(49)54-42(2,3)4)32(36(48)21-27-17-19-46(20-18-27)41(51)55-43(5,6)7)22-34(35)45-38(47)24-44-40(50)53-25-33-30-15-11-9-13-28(30)29-14-10-12-16-31(29)33/h9-16,22-23,27,33H,8,17-21,24-26H2,1-7H3,(H,44,50). The van der Waals surface area contributed by atoms with Gasteiger partial charge in [0.1, 0.15) is 29.4 Å². The Hall–Kier alpha value is -5.39. The van der Waals surface area contributed by atoms with Crippen molar-refractivity contribution in [3.05, 3.63) is 83.2 Å². The van der Waals surface area contributed by atoms with E-state index in [1.54, 1.807) is 37.8 Å². The lowest BCUT2D eigenvalue weighted by Gasteiger charge is -2.33. The Morgan fingerprint density at radius 3 is 2.07 bits per heavy atom. The maximum atomic E-state index is 14.0. The normalized spacial score (nSPS) is 14.6. The fraction of sp³-hybridized carbons (Fsp3) is 0.465. The first-order chi connectivity index (χ1) is 26.1. The zero-order chi connectivity index (χ0) is 39.5. The molecule has 1 saturated heterocycles. The number of carbonyl (C=O) groups excluding carboxylic acids is 4. The van der Waals surface area contributed by atoms with Crippen LogP contribution in [-0.4, -0.2) is 75.9 Å². The molecule has 2 amide bonds. The minimum atomic E-state index is -0.701. The van der Waals surface area contributed by atoms with Crippen LogP contribution in [-0.2, 0) is 32.1 Å². The van der Waals surface area contributed by atoms with Gasteiger partial charge in [0, 0.05) is 38.0 Å². The summed E-state index contributed by atoms with van der Waals surface area (Å²) in [5.41, 5.74) is 4.83. The summed E-state index contributed by atoms with van der Waals surface area (Å²) >= 11 is 0. The SMILES string of the molecule is CCn1c(CNC(=O)OCC2c3ccccc3-c3ccccc32)nc2cc(C(=O)CC3CCN(C(=O)OC(C)(C)C)CC3)c(OCC(=O)OC(C)(C)C)cc21. The van der Waals surface area contributed by atoms with Crippen LogP contribution >= 0.6 is 0 Å². The van der Waals surface area contributed by atoms with E-state index in [0.29, 0.717) is 54.9 Å². The lowest BCUT2D eigenvalue weighted by molar-refractivity contribution is -0.157. The van der Waals surface area contributed by atoms with Gasteiger partial charge in [-0.1, -0.05) is 48.5 Å². The summed E-state index contributed by atoms with van der Waals surface area (Å²) in [4.78, 5) is 58.8. The molecule has 0 unspecified atom stereocenters. The molecule has 3 aromatic carbocycles. The number of ketones is 1. The number of piperidine rings is 1. The van der Waals surface area contributed by atoms with Gasteiger partial charge >= 0.3 is 18.2 Å². The predicted octanol–water partition coefficient (Wildman–Crippen LogP) is 8.04. The first-order valence-electron chi connectivity index (χ1n) is 19.1. The minimum absolute atomic E-state index is 0.0470. The quantitative estimate of drug-likeness (QED) is 0.0917. The third kappa shape index (κ3) is 9.47. The number of nitrogens with zero attached hydrogens (tertiary/aromatic N) is 3. The van der Waals surface area contributed by atoms with Gasteiger partial charge in [0.2, 0.25) is 0 Å². The number of alkyl carbamates (subject to hydrolysis) is 1. The highest BCUT2D eigenvalue weighted by molar-refractivity contribution is 6.02. The molecule has 2 aliphatic rings. The van der Waals surface area contributed by atoms with Crippen molar-refractivity contribution in [2.75, 3.05) is 26.3 Å². The van der Waals surface area contributed by atoms with Crippen LogP contribution in [0, 0.1) is 5.92 Å². The summed E-state index contributed by atoms with van der Waals surface area (Å²) in [5.74, 6) is 0.0961. The van der Waals surface area contributed by atoms with E-state index in [0.717, 1.165) is 22.3 Å². The van der Waals surface area contributed by atoms with Crippen LogP contribution in [0.2, 0.25) is 0 Å². The fourth-order valence-electron chi connectivity index (χ4n) is 7.35. The van der Waals surface area contributed by atoms with Gasteiger partial charge in [0.05, 0.1) is 23.1 Å². The zero-order valence-corrected chi connectivity index (χ0v) is 32.9. The molecule has 292 valence electrons. The number of fused-ring (bicyclic) bond motifs is 4. The van der Waals surface area contributed by atoms with E-state index >= 15 is 0 Å². The van der Waals surface area contributed by atoms with E-state index in [-0.39, 0.29) is 55.6 Å². The molecule has 0 bridgehead atoms. The second-order valence-corrected chi connectivity index (χ2v) is 16.2. The summed E-state index contributed by atoms with van der Waals surface area (Å²) in [6.07, 6.45) is 0.623.